The molecule has 0 saturated heterocycles. The molecule has 0 heterocycles. The Bertz CT molecular complexity index is 864. The number of urea groups is 1. The van der Waals surface area contributed by atoms with E-state index in [1.54, 1.807) is 7.11 Å². The first-order chi connectivity index (χ1) is 15.4. The zero-order chi connectivity index (χ0) is 23.5. The minimum absolute atomic E-state index is 0.0194. The van der Waals surface area contributed by atoms with Crippen molar-refractivity contribution in [1.82, 2.24) is 15.5 Å². The van der Waals surface area contributed by atoms with Gasteiger partial charge in [0.2, 0.25) is 5.91 Å². The van der Waals surface area contributed by atoms with Gasteiger partial charge in [0.15, 0.2) is 0 Å². The molecule has 0 aliphatic rings. The molecule has 2 aromatic rings. The number of methoxy groups -OCH3 is 1. The van der Waals surface area contributed by atoms with Crippen LogP contribution in [0.3, 0.4) is 0 Å². The minimum Gasteiger partial charge on any atom is -0.497 e. The summed E-state index contributed by atoms with van der Waals surface area (Å²) in [7, 11) is 1.65. The summed E-state index contributed by atoms with van der Waals surface area (Å²) >= 11 is 0. The SMILES string of the molecule is CCN(CC)[C@@H](CNC(=O)NCc1ccc(NC(=O)C(C)C)cc1)c1cccc(OC)c1. The molecule has 0 unspecified atom stereocenters. The first-order valence-electron chi connectivity index (χ1n) is 11.2. The number of nitrogens with one attached hydrogen (secondary N) is 3. The van der Waals surface area contributed by atoms with Gasteiger partial charge < -0.3 is 20.7 Å². The zero-order valence-electron chi connectivity index (χ0n) is 19.8. The highest BCUT2D eigenvalue weighted by molar-refractivity contribution is 5.92. The molecule has 3 amide bonds. The normalized spacial score (nSPS) is 11.8. The highest BCUT2D eigenvalue weighted by Crippen LogP contribution is 2.23. The molecule has 0 aliphatic heterocycles. The first kappa shape index (κ1) is 25.2. The summed E-state index contributed by atoms with van der Waals surface area (Å²) in [5, 5.41) is 8.76. The van der Waals surface area contributed by atoms with Crippen LogP contribution < -0.4 is 20.7 Å². The lowest BCUT2D eigenvalue weighted by atomic mass is 10.0. The third-order valence-corrected chi connectivity index (χ3v) is 5.39. The van der Waals surface area contributed by atoms with Crippen LogP contribution in [0.2, 0.25) is 0 Å². The second-order valence-electron chi connectivity index (χ2n) is 7.92. The number of amides is 3. The largest absolute Gasteiger partial charge is 0.497 e. The van der Waals surface area contributed by atoms with E-state index >= 15 is 0 Å². The van der Waals surface area contributed by atoms with Crippen molar-refractivity contribution in [3.05, 3.63) is 59.7 Å². The summed E-state index contributed by atoms with van der Waals surface area (Å²) in [4.78, 5) is 26.5. The maximum atomic E-state index is 12.4. The summed E-state index contributed by atoms with van der Waals surface area (Å²) < 4.78 is 5.36. The predicted molar refractivity (Wildman–Crippen MR) is 129 cm³/mol. The highest BCUT2D eigenvalue weighted by Gasteiger charge is 2.19. The number of rotatable bonds is 11. The molecule has 7 nitrogen and oxygen atoms in total. The van der Waals surface area contributed by atoms with Crippen LogP contribution in [-0.4, -0.2) is 43.6 Å². The van der Waals surface area contributed by atoms with Crippen LogP contribution in [0.15, 0.2) is 48.5 Å². The zero-order valence-corrected chi connectivity index (χ0v) is 19.8. The summed E-state index contributed by atoms with van der Waals surface area (Å²) in [5.74, 6) is 0.711. The van der Waals surface area contributed by atoms with Gasteiger partial charge in [-0.15, -0.1) is 0 Å². The maximum Gasteiger partial charge on any atom is 0.315 e. The topological polar surface area (TPSA) is 82.7 Å². The fourth-order valence-corrected chi connectivity index (χ4v) is 3.40. The number of nitrogens with zero attached hydrogens (tertiary/aromatic N) is 1. The van der Waals surface area contributed by atoms with Gasteiger partial charge in [-0.05, 0) is 48.5 Å². The van der Waals surface area contributed by atoms with Gasteiger partial charge >= 0.3 is 6.03 Å². The van der Waals surface area contributed by atoms with Gasteiger partial charge in [0.25, 0.3) is 0 Å². The molecular formula is C25H36N4O3. The molecule has 0 saturated carbocycles. The fraction of sp³-hybridized carbons (Fsp3) is 0.440. The number of carbonyl (C=O) groups is 2. The second-order valence-corrected chi connectivity index (χ2v) is 7.92. The number of anilines is 1. The van der Waals surface area contributed by atoms with Crippen LogP contribution in [0.1, 0.15) is 44.9 Å². The number of benzene rings is 2. The lowest BCUT2D eigenvalue weighted by molar-refractivity contribution is -0.118. The van der Waals surface area contributed by atoms with Gasteiger partial charge in [-0.2, -0.15) is 0 Å². The van der Waals surface area contributed by atoms with Gasteiger partial charge in [0.1, 0.15) is 5.75 Å². The van der Waals surface area contributed by atoms with Crippen molar-refractivity contribution in [2.24, 2.45) is 5.92 Å². The molecular weight excluding hydrogens is 404 g/mol. The highest BCUT2D eigenvalue weighted by atomic mass is 16.5. The van der Waals surface area contributed by atoms with E-state index in [-0.39, 0.29) is 23.9 Å². The van der Waals surface area contributed by atoms with Crippen molar-refractivity contribution in [3.8, 4) is 5.75 Å². The predicted octanol–water partition coefficient (Wildman–Crippen LogP) is 4.17. The van der Waals surface area contributed by atoms with Gasteiger partial charge in [-0.1, -0.05) is 52.0 Å². The monoisotopic (exact) mass is 440 g/mol. The average molecular weight is 441 g/mol. The van der Waals surface area contributed by atoms with Crippen LogP contribution in [-0.2, 0) is 11.3 Å². The van der Waals surface area contributed by atoms with Crippen molar-refractivity contribution < 1.29 is 14.3 Å². The van der Waals surface area contributed by atoms with E-state index in [0.29, 0.717) is 13.1 Å². The molecule has 0 bridgehead atoms. The molecule has 1 atom stereocenters. The Kier molecular flexibility index (Phi) is 10.0. The quantitative estimate of drug-likeness (QED) is 0.490. The Morgan fingerprint density at radius 1 is 1.00 bits per heavy atom. The standard InChI is InChI=1S/C25H36N4O3/c1-6-29(7-2)23(20-9-8-10-22(15-20)32-5)17-27-25(31)26-16-19-11-13-21(14-12-19)28-24(30)18(3)4/h8-15,18,23H,6-7,16-17H2,1-5H3,(H,28,30)(H2,26,27,31)/t23-/m0/s1. The van der Waals surface area contributed by atoms with E-state index in [4.69, 9.17) is 4.74 Å². The van der Waals surface area contributed by atoms with Gasteiger partial charge in [0.05, 0.1) is 13.2 Å². The second kappa shape index (κ2) is 12.7. The van der Waals surface area contributed by atoms with E-state index in [9.17, 15) is 9.59 Å². The lowest BCUT2D eigenvalue weighted by Gasteiger charge is -2.30. The van der Waals surface area contributed by atoms with E-state index in [1.165, 1.54) is 0 Å². The molecule has 2 aromatic carbocycles. The van der Waals surface area contributed by atoms with Gasteiger partial charge in [-0.25, -0.2) is 4.79 Å². The lowest BCUT2D eigenvalue weighted by Crippen LogP contribution is -2.42. The van der Waals surface area contributed by atoms with Crippen LogP contribution in [0.4, 0.5) is 10.5 Å². The Balaban J connectivity index is 1.92. The Morgan fingerprint density at radius 2 is 1.69 bits per heavy atom. The van der Waals surface area contributed by atoms with E-state index < -0.39 is 0 Å². The maximum absolute atomic E-state index is 12.4. The Hall–Kier alpha value is -3.06. The summed E-state index contributed by atoms with van der Waals surface area (Å²) in [6.07, 6.45) is 0. The van der Waals surface area contributed by atoms with Crippen LogP contribution in [0, 0.1) is 5.92 Å². The summed E-state index contributed by atoms with van der Waals surface area (Å²) in [5.41, 5.74) is 2.81. The van der Waals surface area contributed by atoms with Crippen molar-refractivity contribution in [1.29, 1.82) is 0 Å². The van der Waals surface area contributed by atoms with Crippen molar-refractivity contribution in [3.63, 3.8) is 0 Å². The van der Waals surface area contributed by atoms with Crippen LogP contribution in [0.25, 0.3) is 0 Å². The first-order valence-corrected chi connectivity index (χ1v) is 11.2. The third kappa shape index (κ3) is 7.57. The molecule has 0 radical (unpaired) electrons. The van der Waals surface area contributed by atoms with Crippen LogP contribution >= 0.6 is 0 Å². The van der Waals surface area contributed by atoms with Gasteiger partial charge in [0, 0.05) is 24.7 Å². The summed E-state index contributed by atoms with van der Waals surface area (Å²) in [6.45, 7) is 10.6. The van der Waals surface area contributed by atoms with E-state index in [0.717, 1.165) is 35.7 Å². The smallest absolute Gasteiger partial charge is 0.315 e. The number of likely N-dealkylation sites (N-methyl/N-ethyl adjacent to an activating group) is 1. The number of carbonyl (C=O) groups excluding carboxylic acids is 2. The van der Waals surface area contributed by atoms with Crippen molar-refractivity contribution in [2.75, 3.05) is 32.1 Å². The molecule has 0 aliphatic carbocycles. The molecule has 2 rings (SSSR count). The van der Waals surface area contributed by atoms with Gasteiger partial charge in [-0.3, -0.25) is 9.69 Å². The Labute approximate surface area is 191 Å². The molecule has 0 spiro atoms. The molecule has 3 N–H and O–H groups in total. The molecule has 174 valence electrons. The molecule has 0 aromatic heterocycles. The number of hydrogen-bond acceptors (Lipinski definition) is 4. The third-order valence-electron chi connectivity index (χ3n) is 5.39. The molecule has 7 heteroatoms. The Morgan fingerprint density at radius 3 is 2.28 bits per heavy atom. The molecule has 0 fully saturated rings. The van der Waals surface area contributed by atoms with Crippen molar-refractivity contribution >= 4 is 17.6 Å². The number of ether oxygens (including phenoxy) is 1. The van der Waals surface area contributed by atoms with Crippen molar-refractivity contribution in [2.45, 2.75) is 40.3 Å². The van der Waals surface area contributed by atoms with Crippen LogP contribution in [0.5, 0.6) is 5.75 Å². The average Bonchev–Trinajstić information content (AvgIpc) is 2.81. The van der Waals surface area contributed by atoms with E-state index in [2.05, 4.69) is 40.8 Å². The minimum atomic E-state index is -0.220. The van der Waals surface area contributed by atoms with E-state index in [1.807, 2.05) is 56.3 Å². The number of hydrogen-bond donors (Lipinski definition) is 3. The molecule has 32 heavy (non-hydrogen) atoms. The fourth-order valence-electron chi connectivity index (χ4n) is 3.40. The summed E-state index contributed by atoms with van der Waals surface area (Å²) in [6, 6.07) is 15.3.